The largest absolute Gasteiger partial charge is 0.395 e. The Bertz CT molecular complexity index is 205. The van der Waals surface area contributed by atoms with Crippen molar-refractivity contribution in [2.75, 3.05) is 13.2 Å². The Balaban J connectivity index is 3.38. The molecule has 3 heteroatoms. The Labute approximate surface area is 128 Å². The van der Waals surface area contributed by atoms with E-state index in [9.17, 15) is 0 Å². The first-order valence-electron chi connectivity index (χ1n) is 8.76. The van der Waals surface area contributed by atoms with Gasteiger partial charge in [0.2, 0.25) is 0 Å². The molecule has 0 unspecified atom stereocenters. The van der Waals surface area contributed by atoms with Crippen molar-refractivity contribution < 1.29 is 8.85 Å². The van der Waals surface area contributed by atoms with Gasteiger partial charge in [0.15, 0.2) is 0 Å². The summed E-state index contributed by atoms with van der Waals surface area (Å²) < 4.78 is 11.9. The van der Waals surface area contributed by atoms with Crippen LogP contribution in [0.1, 0.15) is 78.6 Å². The van der Waals surface area contributed by atoms with E-state index in [0.29, 0.717) is 0 Å². The van der Waals surface area contributed by atoms with Crippen LogP contribution in [-0.2, 0) is 8.85 Å². The number of hydrogen-bond donors (Lipinski definition) is 0. The Kier molecular flexibility index (Phi) is 12.9. The molecule has 0 aromatic heterocycles. The van der Waals surface area contributed by atoms with Crippen molar-refractivity contribution in [2.45, 2.75) is 91.7 Å². The minimum atomic E-state index is -1.86. The summed E-state index contributed by atoms with van der Waals surface area (Å²) >= 11 is 0. The molecule has 0 aromatic rings. The SMILES string of the molecule is CCCCCCCCCO[Si](C)(C)OCCCC(C)C. The molecule has 0 bridgehead atoms. The second kappa shape index (κ2) is 12.8. The molecule has 20 heavy (non-hydrogen) atoms. The average Bonchev–Trinajstić information content (AvgIpc) is 2.38. The van der Waals surface area contributed by atoms with Gasteiger partial charge in [-0.3, -0.25) is 0 Å². The van der Waals surface area contributed by atoms with Crippen LogP contribution in [0.2, 0.25) is 13.1 Å². The van der Waals surface area contributed by atoms with Crippen molar-refractivity contribution >= 4 is 8.56 Å². The highest BCUT2D eigenvalue weighted by molar-refractivity contribution is 6.64. The molecular formula is C17H38O2Si. The van der Waals surface area contributed by atoms with E-state index in [1.54, 1.807) is 0 Å². The van der Waals surface area contributed by atoms with E-state index >= 15 is 0 Å². The van der Waals surface area contributed by atoms with Crippen molar-refractivity contribution in [1.29, 1.82) is 0 Å². The molecule has 0 saturated carbocycles. The predicted octanol–water partition coefficient (Wildman–Crippen LogP) is 5.91. The topological polar surface area (TPSA) is 18.5 Å². The van der Waals surface area contributed by atoms with Gasteiger partial charge in [0, 0.05) is 13.2 Å². The Hall–Kier alpha value is 0.137. The summed E-state index contributed by atoms with van der Waals surface area (Å²) in [5.74, 6) is 0.775. The molecule has 0 atom stereocenters. The molecule has 0 rings (SSSR count). The van der Waals surface area contributed by atoms with E-state index in [2.05, 4.69) is 33.9 Å². The Morgan fingerprint density at radius 2 is 1.25 bits per heavy atom. The molecule has 122 valence electrons. The minimum Gasteiger partial charge on any atom is -0.395 e. The molecule has 0 aliphatic rings. The summed E-state index contributed by atoms with van der Waals surface area (Å²) in [6, 6.07) is 0. The molecule has 0 aromatic carbocycles. The Morgan fingerprint density at radius 1 is 0.750 bits per heavy atom. The fourth-order valence-electron chi connectivity index (χ4n) is 2.23. The first-order valence-corrected chi connectivity index (χ1v) is 11.6. The van der Waals surface area contributed by atoms with Crippen molar-refractivity contribution in [3.63, 3.8) is 0 Å². The van der Waals surface area contributed by atoms with Crippen LogP contribution in [0.25, 0.3) is 0 Å². The smallest absolute Gasteiger partial charge is 0.331 e. The molecule has 0 aliphatic heterocycles. The van der Waals surface area contributed by atoms with Crippen LogP contribution in [0.3, 0.4) is 0 Å². The molecular weight excluding hydrogens is 264 g/mol. The zero-order valence-electron chi connectivity index (χ0n) is 14.7. The average molecular weight is 303 g/mol. The molecule has 0 saturated heterocycles. The second-order valence-electron chi connectivity index (χ2n) is 6.75. The monoisotopic (exact) mass is 302 g/mol. The zero-order valence-corrected chi connectivity index (χ0v) is 15.7. The highest BCUT2D eigenvalue weighted by atomic mass is 28.4. The third kappa shape index (κ3) is 14.5. The number of hydrogen-bond acceptors (Lipinski definition) is 2. The first-order chi connectivity index (χ1) is 9.48. The lowest BCUT2D eigenvalue weighted by atomic mass is 10.1. The van der Waals surface area contributed by atoms with Gasteiger partial charge in [-0.2, -0.15) is 0 Å². The highest BCUT2D eigenvalue weighted by Gasteiger charge is 2.23. The summed E-state index contributed by atoms with van der Waals surface area (Å²) in [7, 11) is -1.86. The van der Waals surface area contributed by atoms with Gasteiger partial charge in [-0.25, -0.2) is 0 Å². The fraction of sp³-hybridized carbons (Fsp3) is 1.00. The second-order valence-corrected chi connectivity index (χ2v) is 10.1. The number of rotatable bonds is 14. The summed E-state index contributed by atoms with van der Waals surface area (Å²) in [4.78, 5) is 0. The van der Waals surface area contributed by atoms with E-state index in [4.69, 9.17) is 8.85 Å². The molecule has 2 nitrogen and oxygen atoms in total. The van der Waals surface area contributed by atoms with Gasteiger partial charge < -0.3 is 8.85 Å². The molecule has 0 aliphatic carbocycles. The molecule has 0 spiro atoms. The van der Waals surface area contributed by atoms with Crippen LogP contribution in [-0.4, -0.2) is 21.8 Å². The zero-order chi connectivity index (χ0) is 15.3. The van der Waals surface area contributed by atoms with Crippen molar-refractivity contribution in [3.05, 3.63) is 0 Å². The van der Waals surface area contributed by atoms with E-state index in [1.807, 2.05) is 0 Å². The summed E-state index contributed by atoms with van der Waals surface area (Å²) in [6.07, 6.45) is 11.8. The van der Waals surface area contributed by atoms with Gasteiger partial charge >= 0.3 is 8.56 Å². The maximum atomic E-state index is 5.98. The van der Waals surface area contributed by atoms with E-state index < -0.39 is 8.56 Å². The quantitative estimate of drug-likeness (QED) is 0.293. The van der Waals surface area contributed by atoms with Crippen molar-refractivity contribution in [2.24, 2.45) is 5.92 Å². The van der Waals surface area contributed by atoms with Crippen LogP contribution in [0.5, 0.6) is 0 Å². The van der Waals surface area contributed by atoms with E-state index in [0.717, 1.165) is 25.6 Å². The lowest BCUT2D eigenvalue weighted by Crippen LogP contribution is -2.35. The predicted molar refractivity (Wildman–Crippen MR) is 91.5 cm³/mol. The van der Waals surface area contributed by atoms with E-state index in [-0.39, 0.29) is 0 Å². The van der Waals surface area contributed by atoms with Gasteiger partial charge in [0.05, 0.1) is 0 Å². The van der Waals surface area contributed by atoms with Gasteiger partial charge in [-0.1, -0.05) is 59.3 Å². The van der Waals surface area contributed by atoms with Gasteiger partial charge in [-0.15, -0.1) is 0 Å². The summed E-state index contributed by atoms with van der Waals surface area (Å²) in [5.41, 5.74) is 0. The third-order valence-electron chi connectivity index (χ3n) is 3.57. The van der Waals surface area contributed by atoms with Crippen LogP contribution in [0.15, 0.2) is 0 Å². The van der Waals surface area contributed by atoms with Crippen molar-refractivity contribution in [1.82, 2.24) is 0 Å². The highest BCUT2D eigenvalue weighted by Crippen LogP contribution is 2.12. The normalized spacial score (nSPS) is 12.3. The van der Waals surface area contributed by atoms with Gasteiger partial charge in [0.25, 0.3) is 0 Å². The third-order valence-corrected chi connectivity index (χ3v) is 5.37. The summed E-state index contributed by atoms with van der Waals surface area (Å²) in [6.45, 7) is 12.9. The molecule has 0 fully saturated rings. The number of unbranched alkanes of at least 4 members (excludes halogenated alkanes) is 6. The Morgan fingerprint density at radius 3 is 1.80 bits per heavy atom. The summed E-state index contributed by atoms with van der Waals surface area (Å²) in [5, 5.41) is 0. The lowest BCUT2D eigenvalue weighted by Gasteiger charge is -2.23. The standard InChI is InChI=1S/C17H38O2Si/c1-6-7-8-9-10-11-12-15-18-20(4,5)19-16-13-14-17(2)3/h17H,6-16H2,1-5H3. The molecule has 0 amide bonds. The van der Waals surface area contributed by atoms with Gasteiger partial charge in [-0.05, 0) is 38.3 Å². The van der Waals surface area contributed by atoms with Crippen LogP contribution < -0.4 is 0 Å². The lowest BCUT2D eigenvalue weighted by molar-refractivity contribution is 0.171. The van der Waals surface area contributed by atoms with E-state index in [1.165, 1.54) is 51.4 Å². The molecule has 0 N–H and O–H groups in total. The minimum absolute atomic E-state index is 0.775. The molecule has 0 heterocycles. The first kappa shape index (κ1) is 20.1. The maximum absolute atomic E-state index is 5.98. The maximum Gasteiger partial charge on any atom is 0.331 e. The molecule has 0 radical (unpaired) electrons. The fourth-order valence-corrected chi connectivity index (χ4v) is 3.58. The van der Waals surface area contributed by atoms with Crippen LogP contribution >= 0.6 is 0 Å². The van der Waals surface area contributed by atoms with Gasteiger partial charge in [0.1, 0.15) is 0 Å². The van der Waals surface area contributed by atoms with Crippen LogP contribution in [0.4, 0.5) is 0 Å². The van der Waals surface area contributed by atoms with Crippen LogP contribution in [0, 0.1) is 5.92 Å². The van der Waals surface area contributed by atoms with Crippen molar-refractivity contribution in [3.8, 4) is 0 Å².